The highest BCUT2D eigenvalue weighted by atomic mass is 28.4. The summed E-state index contributed by atoms with van der Waals surface area (Å²) < 4.78 is 18.7. The molecule has 0 aliphatic heterocycles. The van der Waals surface area contributed by atoms with E-state index in [0.717, 1.165) is 5.56 Å². The number of aryl methyl sites for hydroxylation is 1. The second-order valence-electron chi connectivity index (χ2n) is 5.61. The Morgan fingerprint density at radius 3 is 2.28 bits per heavy atom. The van der Waals surface area contributed by atoms with E-state index in [1.807, 2.05) is 27.7 Å². The fourth-order valence-corrected chi connectivity index (χ4v) is 5.09. The molecule has 0 atom stereocenters. The van der Waals surface area contributed by atoms with Crippen LogP contribution in [0, 0.1) is 6.92 Å². The first kappa shape index (κ1) is 21.6. The molecule has 1 N–H and O–H groups in total. The average molecular weight is 371 g/mol. The van der Waals surface area contributed by atoms with Gasteiger partial charge < -0.3 is 23.2 Å². The second-order valence-corrected chi connectivity index (χ2v) is 8.34. The minimum atomic E-state index is -2.66. The lowest BCUT2D eigenvalue weighted by molar-refractivity contribution is -0.121. The summed E-state index contributed by atoms with van der Waals surface area (Å²) in [6, 6.07) is 3.97. The van der Waals surface area contributed by atoms with Crippen molar-refractivity contribution < 1.29 is 18.1 Å². The molecule has 1 heterocycles. The molecule has 0 unspecified atom stereocenters. The number of pyridine rings is 1. The number of hydrogen-bond donors (Lipinski definition) is 1. The normalized spacial score (nSPS) is 11.5. The minimum Gasteiger partial charge on any atom is -0.374 e. The monoisotopic (exact) mass is 370 g/mol. The Balaban J connectivity index is 2.46. The molecule has 1 aromatic rings. The molecule has 0 saturated heterocycles. The molecule has 1 amide bonds. The van der Waals surface area contributed by atoms with Gasteiger partial charge in [-0.15, -0.1) is 0 Å². The SMILES string of the molecule is CCO[Si](CCCNC(=O)Cn1ccc(C)cc1=O)(OCC)OCC. The first-order valence-electron chi connectivity index (χ1n) is 8.82. The summed E-state index contributed by atoms with van der Waals surface area (Å²) in [6.07, 6.45) is 2.33. The summed E-state index contributed by atoms with van der Waals surface area (Å²) in [5.74, 6) is -0.192. The van der Waals surface area contributed by atoms with Gasteiger partial charge >= 0.3 is 8.80 Å². The first-order valence-corrected chi connectivity index (χ1v) is 10.7. The summed E-state index contributed by atoms with van der Waals surface area (Å²) in [7, 11) is -2.66. The fourth-order valence-electron chi connectivity index (χ4n) is 2.48. The van der Waals surface area contributed by atoms with E-state index < -0.39 is 8.80 Å². The van der Waals surface area contributed by atoms with E-state index in [1.165, 1.54) is 10.6 Å². The predicted molar refractivity (Wildman–Crippen MR) is 98.5 cm³/mol. The third-order valence-corrected chi connectivity index (χ3v) is 6.69. The Bertz CT molecular complexity index is 574. The molecular formula is C17H30N2O5Si. The lowest BCUT2D eigenvalue weighted by atomic mass is 10.3. The van der Waals surface area contributed by atoms with Gasteiger partial charge in [0.25, 0.3) is 5.56 Å². The fraction of sp³-hybridized carbons (Fsp3) is 0.647. The molecule has 142 valence electrons. The van der Waals surface area contributed by atoms with Crippen molar-refractivity contribution in [3.63, 3.8) is 0 Å². The number of carbonyl (C=O) groups is 1. The number of amides is 1. The molecule has 25 heavy (non-hydrogen) atoms. The van der Waals surface area contributed by atoms with Gasteiger partial charge in [-0.25, -0.2) is 0 Å². The van der Waals surface area contributed by atoms with Crippen LogP contribution >= 0.6 is 0 Å². The van der Waals surface area contributed by atoms with Crippen LogP contribution in [-0.4, -0.2) is 45.6 Å². The Morgan fingerprint density at radius 1 is 1.16 bits per heavy atom. The van der Waals surface area contributed by atoms with E-state index in [0.29, 0.717) is 38.8 Å². The van der Waals surface area contributed by atoms with Crippen LogP contribution in [0.2, 0.25) is 6.04 Å². The van der Waals surface area contributed by atoms with Crippen molar-refractivity contribution in [2.75, 3.05) is 26.4 Å². The minimum absolute atomic E-state index is 0.0179. The highest BCUT2D eigenvalue weighted by Gasteiger charge is 2.39. The van der Waals surface area contributed by atoms with Crippen molar-refractivity contribution in [1.29, 1.82) is 0 Å². The van der Waals surface area contributed by atoms with Crippen LogP contribution in [0.1, 0.15) is 32.8 Å². The Hall–Kier alpha value is -1.48. The average Bonchev–Trinajstić information content (AvgIpc) is 2.55. The highest BCUT2D eigenvalue weighted by molar-refractivity contribution is 6.60. The topological polar surface area (TPSA) is 78.8 Å². The van der Waals surface area contributed by atoms with E-state index in [-0.39, 0.29) is 18.0 Å². The number of nitrogens with one attached hydrogen (secondary N) is 1. The van der Waals surface area contributed by atoms with Gasteiger partial charge in [0.15, 0.2) is 0 Å². The van der Waals surface area contributed by atoms with Gasteiger partial charge in [0, 0.05) is 44.7 Å². The van der Waals surface area contributed by atoms with Gasteiger partial charge in [-0.3, -0.25) is 9.59 Å². The quantitative estimate of drug-likeness (QED) is 0.448. The van der Waals surface area contributed by atoms with Crippen molar-refractivity contribution in [2.24, 2.45) is 0 Å². The highest BCUT2D eigenvalue weighted by Crippen LogP contribution is 2.17. The van der Waals surface area contributed by atoms with Crippen LogP contribution in [0.15, 0.2) is 23.1 Å². The third kappa shape index (κ3) is 7.51. The molecule has 1 rings (SSSR count). The van der Waals surface area contributed by atoms with E-state index in [9.17, 15) is 9.59 Å². The van der Waals surface area contributed by atoms with E-state index >= 15 is 0 Å². The molecule has 8 heteroatoms. The zero-order valence-electron chi connectivity index (χ0n) is 15.7. The summed E-state index contributed by atoms with van der Waals surface area (Å²) in [4.78, 5) is 23.8. The van der Waals surface area contributed by atoms with E-state index in [1.54, 1.807) is 12.3 Å². The Kier molecular flexibility index (Phi) is 9.65. The summed E-state index contributed by atoms with van der Waals surface area (Å²) in [5, 5.41) is 2.83. The van der Waals surface area contributed by atoms with Gasteiger partial charge in [-0.1, -0.05) is 0 Å². The first-order chi connectivity index (χ1) is 12.0. The third-order valence-electron chi connectivity index (χ3n) is 3.54. The van der Waals surface area contributed by atoms with Crippen LogP contribution in [0.5, 0.6) is 0 Å². The summed E-state index contributed by atoms with van der Waals surface area (Å²) >= 11 is 0. The molecule has 0 aliphatic rings. The van der Waals surface area contributed by atoms with Gasteiger partial charge in [0.2, 0.25) is 5.91 Å². The summed E-state index contributed by atoms with van der Waals surface area (Å²) in [6.45, 7) is 9.71. The number of carbonyl (C=O) groups excluding carboxylic acids is 1. The molecule has 0 saturated carbocycles. The molecule has 0 spiro atoms. The number of aromatic nitrogens is 1. The van der Waals surface area contributed by atoms with E-state index in [2.05, 4.69) is 5.32 Å². The molecule has 0 radical (unpaired) electrons. The standard InChI is InChI=1S/C17H30N2O5Si/c1-5-22-25(23-6-2,24-7-3)12-8-10-18-16(20)14-19-11-9-15(4)13-17(19)21/h9,11,13H,5-8,10,12,14H2,1-4H3,(H,18,20). The van der Waals surface area contributed by atoms with Gasteiger partial charge in [-0.05, 0) is 45.7 Å². The lowest BCUT2D eigenvalue weighted by Gasteiger charge is -2.28. The molecule has 0 aromatic carbocycles. The number of rotatable bonds is 12. The number of nitrogens with zero attached hydrogens (tertiary/aromatic N) is 1. The maximum Gasteiger partial charge on any atom is 0.500 e. The maximum absolute atomic E-state index is 12.0. The van der Waals surface area contributed by atoms with Crippen molar-refractivity contribution in [3.8, 4) is 0 Å². The van der Waals surface area contributed by atoms with Gasteiger partial charge in [-0.2, -0.15) is 0 Å². The lowest BCUT2D eigenvalue weighted by Crippen LogP contribution is -2.46. The van der Waals surface area contributed by atoms with Crippen LogP contribution in [-0.2, 0) is 24.6 Å². The largest absolute Gasteiger partial charge is 0.500 e. The molecule has 0 fully saturated rings. The van der Waals surface area contributed by atoms with Crippen LogP contribution < -0.4 is 10.9 Å². The predicted octanol–water partition coefficient (Wildman–Crippen LogP) is 1.71. The van der Waals surface area contributed by atoms with Crippen molar-refractivity contribution in [1.82, 2.24) is 9.88 Å². The van der Waals surface area contributed by atoms with Crippen LogP contribution in [0.3, 0.4) is 0 Å². The van der Waals surface area contributed by atoms with E-state index in [4.69, 9.17) is 13.3 Å². The zero-order chi connectivity index (χ0) is 18.7. The molecule has 0 bridgehead atoms. The zero-order valence-corrected chi connectivity index (χ0v) is 16.7. The molecule has 0 aliphatic carbocycles. The Labute approximate surface area is 150 Å². The van der Waals surface area contributed by atoms with Gasteiger partial charge in [0.05, 0.1) is 0 Å². The molecule has 7 nitrogen and oxygen atoms in total. The maximum atomic E-state index is 12.0. The van der Waals surface area contributed by atoms with Crippen molar-refractivity contribution in [3.05, 3.63) is 34.2 Å². The smallest absolute Gasteiger partial charge is 0.374 e. The van der Waals surface area contributed by atoms with Crippen LogP contribution in [0.25, 0.3) is 0 Å². The Morgan fingerprint density at radius 2 is 1.76 bits per heavy atom. The van der Waals surface area contributed by atoms with Crippen LogP contribution in [0.4, 0.5) is 0 Å². The molecular weight excluding hydrogens is 340 g/mol. The van der Waals surface area contributed by atoms with Gasteiger partial charge in [0.1, 0.15) is 6.54 Å². The summed E-state index contributed by atoms with van der Waals surface area (Å²) in [5.41, 5.74) is 0.705. The van der Waals surface area contributed by atoms with Crippen molar-refractivity contribution >= 4 is 14.7 Å². The van der Waals surface area contributed by atoms with Crippen molar-refractivity contribution in [2.45, 2.75) is 46.7 Å². The number of hydrogen-bond acceptors (Lipinski definition) is 5. The second kappa shape index (κ2) is 11.2. The molecule has 1 aromatic heterocycles.